The third kappa shape index (κ3) is 4.73. The molecule has 6 nitrogen and oxygen atoms in total. The highest BCUT2D eigenvalue weighted by Crippen LogP contribution is 2.34. The van der Waals surface area contributed by atoms with Crippen LogP contribution in [0.25, 0.3) is 0 Å². The molecule has 1 saturated heterocycles. The van der Waals surface area contributed by atoms with Crippen molar-refractivity contribution < 1.29 is 18.7 Å². The Morgan fingerprint density at radius 2 is 1.81 bits per heavy atom. The third-order valence-corrected chi connectivity index (χ3v) is 6.06. The number of hydrogen-bond acceptors (Lipinski definition) is 4. The molecule has 0 unspecified atom stereocenters. The van der Waals surface area contributed by atoms with E-state index in [2.05, 4.69) is 26.6 Å². The zero-order chi connectivity index (χ0) is 21.8. The number of amides is 2. The van der Waals surface area contributed by atoms with Crippen LogP contribution in [0.4, 0.5) is 5.69 Å². The Bertz CT molecular complexity index is 1090. The number of carbonyl (C=O) groups is 2. The van der Waals surface area contributed by atoms with Crippen molar-refractivity contribution in [2.24, 2.45) is 0 Å². The number of nitrogens with one attached hydrogen (secondary N) is 2. The molecule has 3 aromatic rings. The molecule has 4 rings (SSSR count). The molecule has 2 aromatic carbocycles. The minimum absolute atomic E-state index is 0.199. The standard InChI is InChI=1S/C24H23BrN2O4/c1-16-7-8-17(14-20(16)26-23(29)21-6-3-11-31-21)22(28)27-24(9-12-30-13-10-24)18-4-2-5-19(25)15-18/h2-8,11,14-15H,9-10,12-13H2,1H3,(H,26,29)(H,27,28). The first-order valence-corrected chi connectivity index (χ1v) is 10.9. The topological polar surface area (TPSA) is 80.6 Å². The van der Waals surface area contributed by atoms with E-state index in [4.69, 9.17) is 9.15 Å². The van der Waals surface area contributed by atoms with Crippen LogP contribution in [0.5, 0.6) is 0 Å². The monoisotopic (exact) mass is 482 g/mol. The number of furan rings is 1. The van der Waals surface area contributed by atoms with Gasteiger partial charge in [-0.15, -0.1) is 0 Å². The average molecular weight is 483 g/mol. The lowest BCUT2D eigenvalue weighted by Crippen LogP contribution is -2.49. The first kappa shape index (κ1) is 21.3. The quantitative estimate of drug-likeness (QED) is 0.533. The number of anilines is 1. The summed E-state index contributed by atoms with van der Waals surface area (Å²) in [5.74, 6) is -0.346. The molecule has 1 aromatic heterocycles. The van der Waals surface area contributed by atoms with Crippen LogP contribution in [0.2, 0.25) is 0 Å². The molecule has 2 amide bonds. The second-order valence-corrected chi connectivity index (χ2v) is 8.54. The molecule has 1 aliphatic heterocycles. The number of halogens is 1. The molecule has 0 spiro atoms. The van der Waals surface area contributed by atoms with Crippen LogP contribution in [-0.4, -0.2) is 25.0 Å². The van der Waals surface area contributed by atoms with Gasteiger partial charge in [-0.2, -0.15) is 0 Å². The number of aryl methyl sites for hydroxylation is 1. The van der Waals surface area contributed by atoms with E-state index in [0.29, 0.717) is 37.3 Å². The van der Waals surface area contributed by atoms with Gasteiger partial charge < -0.3 is 19.8 Å². The number of benzene rings is 2. The fourth-order valence-electron chi connectivity index (χ4n) is 3.77. The number of ether oxygens (including phenoxy) is 1. The van der Waals surface area contributed by atoms with E-state index in [1.165, 1.54) is 6.26 Å². The molecule has 0 radical (unpaired) electrons. The molecule has 2 heterocycles. The highest BCUT2D eigenvalue weighted by molar-refractivity contribution is 9.10. The van der Waals surface area contributed by atoms with Crippen molar-refractivity contribution in [3.05, 3.63) is 87.8 Å². The molecule has 160 valence electrons. The second kappa shape index (κ2) is 9.08. The number of carbonyl (C=O) groups excluding carboxylic acids is 2. The lowest BCUT2D eigenvalue weighted by molar-refractivity contribution is 0.0345. The van der Waals surface area contributed by atoms with Gasteiger partial charge in [0.05, 0.1) is 11.8 Å². The van der Waals surface area contributed by atoms with E-state index < -0.39 is 5.54 Å². The van der Waals surface area contributed by atoms with Crippen molar-refractivity contribution in [1.29, 1.82) is 0 Å². The van der Waals surface area contributed by atoms with Crippen LogP contribution in [0.1, 0.15) is 44.9 Å². The van der Waals surface area contributed by atoms with Crippen molar-refractivity contribution in [2.45, 2.75) is 25.3 Å². The van der Waals surface area contributed by atoms with Crippen molar-refractivity contribution in [2.75, 3.05) is 18.5 Å². The van der Waals surface area contributed by atoms with Gasteiger partial charge in [-0.05, 0) is 67.3 Å². The Labute approximate surface area is 189 Å². The van der Waals surface area contributed by atoms with Gasteiger partial charge in [-0.1, -0.05) is 34.1 Å². The van der Waals surface area contributed by atoms with E-state index in [1.807, 2.05) is 37.3 Å². The summed E-state index contributed by atoms with van der Waals surface area (Å²) in [6.45, 7) is 3.02. The predicted octanol–water partition coefficient (Wildman–Crippen LogP) is 5.04. The molecular weight excluding hydrogens is 460 g/mol. The van der Waals surface area contributed by atoms with Crippen LogP contribution < -0.4 is 10.6 Å². The summed E-state index contributed by atoms with van der Waals surface area (Å²) in [4.78, 5) is 25.6. The molecule has 0 aliphatic carbocycles. The van der Waals surface area contributed by atoms with Gasteiger partial charge in [0.15, 0.2) is 5.76 Å². The molecule has 2 N–H and O–H groups in total. The summed E-state index contributed by atoms with van der Waals surface area (Å²) < 4.78 is 11.7. The maximum absolute atomic E-state index is 13.3. The molecule has 0 bridgehead atoms. The van der Waals surface area contributed by atoms with Gasteiger partial charge >= 0.3 is 0 Å². The Kier molecular flexibility index (Phi) is 6.25. The van der Waals surface area contributed by atoms with E-state index >= 15 is 0 Å². The van der Waals surface area contributed by atoms with Gasteiger partial charge in [0.25, 0.3) is 11.8 Å². The van der Waals surface area contributed by atoms with Gasteiger partial charge in [0, 0.05) is 28.9 Å². The highest BCUT2D eigenvalue weighted by atomic mass is 79.9. The Morgan fingerprint density at radius 1 is 1.00 bits per heavy atom. The lowest BCUT2D eigenvalue weighted by Gasteiger charge is -2.38. The summed E-state index contributed by atoms with van der Waals surface area (Å²) in [6.07, 6.45) is 2.81. The van der Waals surface area contributed by atoms with Crippen LogP contribution in [0, 0.1) is 6.92 Å². The van der Waals surface area contributed by atoms with E-state index in [9.17, 15) is 9.59 Å². The second-order valence-electron chi connectivity index (χ2n) is 7.62. The zero-order valence-corrected chi connectivity index (χ0v) is 18.7. The van der Waals surface area contributed by atoms with Crippen molar-refractivity contribution in [3.8, 4) is 0 Å². The lowest BCUT2D eigenvalue weighted by atomic mass is 9.82. The summed E-state index contributed by atoms with van der Waals surface area (Å²) >= 11 is 3.53. The Morgan fingerprint density at radius 3 is 2.52 bits per heavy atom. The van der Waals surface area contributed by atoms with Crippen molar-refractivity contribution >= 4 is 33.4 Å². The molecule has 1 fully saturated rings. The van der Waals surface area contributed by atoms with Crippen LogP contribution in [0.15, 0.2) is 69.8 Å². The molecular formula is C24H23BrN2O4. The minimum Gasteiger partial charge on any atom is -0.459 e. The summed E-state index contributed by atoms with van der Waals surface area (Å²) in [6, 6.07) is 16.5. The third-order valence-electron chi connectivity index (χ3n) is 5.57. The number of hydrogen-bond donors (Lipinski definition) is 2. The molecule has 31 heavy (non-hydrogen) atoms. The molecule has 0 atom stereocenters. The summed E-state index contributed by atoms with van der Waals surface area (Å²) in [5, 5.41) is 6.07. The molecule has 1 aliphatic rings. The van der Waals surface area contributed by atoms with Crippen molar-refractivity contribution in [3.63, 3.8) is 0 Å². The van der Waals surface area contributed by atoms with Gasteiger partial charge in [0.2, 0.25) is 0 Å². The summed E-state index contributed by atoms with van der Waals surface area (Å²) in [5.41, 5.74) is 2.42. The molecule has 0 saturated carbocycles. The fourth-order valence-corrected chi connectivity index (χ4v) is 4.17. The van der Waals surface area contributed by atoms with E-state index in [1.54, 1.807) is 24.3 Å². The van der Waals surface area contributed by atoms with Crippen LogP contribution in [-0.2, 0) is 10.3 Å². The van der Waals surface area contributed by atoms with Gasteiger partial charge in [-0.25, -0.2) is 0 Å². The zero-order valence-electron chi connectivity index (χ0n) is 17.1. The fraction of sp³-hybridized carbons (Fsp3) is 0.250. The molecule has 7 heteroatoms. The summed E-state index contributed by atoms with van der Waals surface area (Å²) in [7, 11) is 0. The normalized spacial score (nSPS) is 15.3. The highest BCUT2D eigenvalue weighted by Gasteiger charge is 2.36. The predicted molar refractivity (Wildman–Crippen MR) is 121 cm³/mol. The Balaban J connectivity index is 1.59. The largest absolute Gasteiger partial charge is 0.459 e. The Hall–Kier alpha value is -2.90. The van der Waals surface area contributed by atoms with Gasteiger partial charge in [-0.3, -0.25) is 9.59 Å². The SMILES string of the molecule is Cc1ccc(C(=O)NC2(c3cccc(Br)c3)CCOCC2)cc1NC(=O)c1ccco1. The first-order valence-electron chi connectivity index (χ1n) is 10.1. The smallest absolute Gasteiger partial charge is 0.291 e. The maximum atomic E-state index is 13.3. The maximum Gasteiger partial charge on any atom is 0.291 e. The van der Waals surface area contributed by atoms with Gasteiger partial charge in [0.1, 0.15) is 0 Å². The van der Waals surface area contributed by atoms with E-state index in [-0.39, 0.29) is 17.6 Å². The van der Waals surface area contributed by atoms with E-state index in [0.717, 1.165) is 15.6 Å². The number of rotatable bonds is 5. The van der Waals surface area contributed by atoms with Crippen LogP contribution in [0.3, 0.4) is 0 Å². The average Bonchev–Trinajstić information content (AvgIpc) is 3.31. The van der Waals surface area contributed by atoms with Crippen molar-refractivity contribution in [1.82, 2.24) is 5.32 Å². The first-order chi connectivity index (χ1) is 15.0. The minimum atomic E-state index is -0.512. The van der Waals surface area contributed by atoms with Crippen LogP contribution >= 0.6 is 15.9 Å².